The van der Waals surface area contributed by atoms with E-state index in [0.29, 0.717) is 61.2 Å². The average Bonchev–Trinajstić information content (AvgIpc) is 4.03. The second kappa shape index (κ2) is 21.7. The van der Waals surface area contributed by atoms with Crippen LogP contribution in [0.1, 0.15) is 106 Å². The predicted octanol–water partition coefficient (Wildman–Crippen LogP) is 9.81. The van der Waals surface area contributed by atoms with E-state index >= 15 is 4.79 Å². The number of amides is 1. The van der Waals surface area contributed by atoms with Crippen molar-refractivity contribution in [2.75, 3.05) is 33.2 Å². The van der Waals surface area contributed by atoms with Crippen LogP contribution in [0.2, 0.25) is 0 Å². The summed E-state index contributed by atoms with van der Waals surface area (Å²) in [6.07, 6.45) is 16.9. The number of benzene rings is 3. The number of carbonyl (C=O) groups excluding carboxylic acids is 1. The maximum Gasteiger partial charge on any atom is 0.239 e. The summed E-state index contributed by atoms with van der Waals surface area (Å²) in [5.41, 5.74) is 4.67. The van der Waals surface area contributed by atoms with Crippen molar-refractivity contribution in [1.82, 2.24) is 4.90 Å². The number of aliphatic hydroxyl groups is 2. The van der Waals surface area contributed by atoms with E-state index < -0.39 is 17.7 Å². The molecule has 2 heterocycles. The molecule has 5 aliphatic rings. The van der Waals surface area contributed by atoms with Gasteiger partial charge in [-0.05, 0) is 96.9 Å². The lowest BCUT2D eigenvalue weighted by Gasteiger charge is -2.60. The number of carbonyl (C=O) groups is 1. The summed E-state index contributed by atoms with van der Waals surface area (Å²) in [4.78, 5) is 23.6. The van der Waals surface area contributed by atoms with Crippen molar-refractivity contribution < 1.29 is 43.5 Å². The third-order valence-electron chi connectivity index (χ3n) is 14.0. The SMILES string of the molecule is C=CCOc1ccc2c(c1)[C@H]1[C@H](CCCCO)[C@@H](CCCCO)C=C3C(=NOCc4ccccc4)C[C@H](N(Cc4ccc5c(c4)OCO5)C(=O)CCC4CCCC4)[C@@](OCC=C)(O2)[C@H]31. The van der Waals surface area contributed by atoms with Crippen molar-refractivity contribution in [3.63, 3.8) is 0 Å². The van der Waals surface area contributed by atoms with Gasteiger partial charge in [0.1, 0.15) is 30.8 Å². The molecule has 0 radical (unpaired) electrons. The van der Waals surface area contributed by atoms with Crippen molar-refractivity contribution >= 4 is 11.6 Å². The van der Waals surface area contributed by atoms with Gasteiger partial charge in [0.25, 0.3) is 0 Å². The van der Waals surface area contributed by atoms with Gasteiger partial charge in [-0.25, -0.2) is 0 Å². The first kappa shape index (κ1) is 45.5. The number of hydrogen-bond acceptors (Lipinski definition) is 10. The van der Waals surface area contributed by atoms with Gasteiger partial charge in [0.2, 0.25) is 18.5 Å². The van der Waals surface area contributed by atoms with Gasteiger partial charge >= 0.3 is 0 Å². The van der Waals surface area contributed by atoms with Crippen LogP contribution in [0.25, 0.3) is 0 Å². The number of ether oxygens (including phenoxy) is 5. The monoisotopic (exact) mass is 874 g/mol. The molecule has 64 heavy (non-hydrogen) atoms. The molecule has 3 aromatic rings. The fourth-order valence-corrected chi connectivity index (χ4v) is 11.0. The van der Waals surface area contributed by atoms with Crippen LogP contribution in [0.5, 0.6) is 23.0 Å². The molecule has 0 saturated heterocycles. The first-order valence-electron chi connectivity index (χ1n) is 23.6. The molecule has 2 aliphatic heterocycles. The topological polar surface area (TPSA) is 129 Å². The number of rotatable bonds is 23. The summed E-state index contributed by atoms with van der Waals surface area (Å²) in [7, 11) is 0. The lowest BCUT2D eigenvalue weighted by atomic mass is 9.55. The van der Waals surface area contributed by atoms with Crippen LogP contribution >= 0.6 is 0 Å². The number of hydrogen-bond donors (Lipinski definition) is 2. The number of fused-ring (bicyclic) bond motifs is 3. The highest BCUT2D eigenvalue weighted by Crippen LogP contribution is 2.62. The lowest BCUT2D eigenvalue weighted by molar-refractivity contribution is -0.258. The van der Waals surface area contributed by atoms with Gasteiger partial charge in [0.15, 0.2) is 11.5 Å². The highest BCUT2D eigenvalue weighted by atomic mass is 16.7. The van der Waals surface area contributed by atoms with E-state index in [2.05, 4.69) is 25.3 Å². The largest absolute Gasteiger partial charge is 0.490 e. The van der Waals surface area contributed by atoms with Crippen LogP contribution in [0.3, 0.4) is 0 Å². The molecule has 0 aromatic heterocycles. The van der Waals surface area contributed by atoms with Crippen LogP contribution in [-0.4, -0.2) is 71.8 Å². The van der Waals surface area contributed by atoms with E-state index in [1.807, 2.05) is 65.6 Å². The third-order valence-corrected chi connectivity index (χ3v) is 14.0. The Hall–Kier alpha value is -5.10. The van der Waals surface area contributed by atoms with Crippen LogP contribution in [0.4, 0.5) is 0 Å². The predicted molar refractivity (Wildman–Crippen MR) is 246 cm³/mol. The summed E-state index contributed by atoms with van der Waals surface area (Å²) in [5.74, 6) is 1.52. The Morgan fingerprint density at radius 1 is 0.859 bits per heavy atom. The van der Waals surface area contributed by atoms with Crippen molar-refractivity contribution in [1.29, 1.82) is 0 Å². The highest BCUT2D eigenvalue weighted by Gasteiger charge is 2.65. The Bertz CT molecular complexity index is 2120. The Morgan fingerprint density at radius 3 is 2.41 bits per heavy atom. The first-order chi connectivity index (χ1) is 31.5. The average molecular weight is 875 g/mol. The molecule has 2 saturated carbocycles. The molecule has 3 aromatic carbocycles. The molecule has 11 nitrogen and oxygen atoms in total. The van der Waals surface area contributed by atoms with Gasteiger partial charge in [-0.1, -0.05) is 105 Å². The molecule has 0 unspecified atom stereocenters. The molecule has 0 spiro atoms. The van der Waals surface area contributed by atoms with E-state index in [4.69, 9.17) is 33.7 Å². The van der Waals surface area contributed by atoms with Crippen LogP contribution in [0.15, 0.2) is 109 Å². The molecular formula is C53H66N2O9. The van der Waals surface area contributed by atoms with Crippen molar-refractivity contribution in [3.8, 4) is 23.0 Å². The lowest BCUT2D eigenvalue weighted by Crippen LogP contribution is -2.70. The van der Waals surface area contributed by atoms with Gasteiger partial charge in [-0.15, -0.1) is 6.58 Å². The molecule has 1 amide bonds. The van der Waals surface area contributed by atoms with E-state index in [0.717, 1.165) is 72.9 Å². The van der Waals surface area contributed by atoms with Gasteiger partial charge in [0, 0.05) is 44.1 Å². The maximum absolute atomic E-state index is 15.3. The molecule has 342 valence electrons. The van der Waals surface area contributed by atoms with Gasteiger partial charge in [-0.2, -0.15) is 0 Å². The Kier molecular flexibility index (Phi) is 15.4. The van der Waals surface area contributed by atoms with Gasteiger partial charge < -0.3 is 43.6 Å². The number of oxime groups is 1. The summed E-state index contributed by atoms with van der Waals surface area (Å²) in [6.45, 7) is 9.48. The fraction of sp³-hybridized carbons (Fsp3) is 0.509. The zero-order valence-electron chi connectivity index (χ0n) is 37.2. The Labute approximate surface area is 378 Å². The van der Waals surface area contributed by atoms with E-state index in [-0.39, 0.29) is 63.4 Å². The normalized spacial score (nSPS) is 24.9. The first-order valence-corrected chi connectivity index (χ1v) is 23.6. The minimum absolute atomic E-state index is 0.0319. The highest BCUT2D eigenvalue weighted by molar-refractivity contribution is 6.03. The number of nitrogens with zero attached hydrogens (tertiary/aromatic N) is 2. The molecule has 6 atom stereocenters. The standard InChI is InChI=1S/C53H66N2O9/c1-3-28-59-41-22-24-46-44(32-41)51-42(19-11-13-27-57)40(18-10-12-26-56)31-43-45(54-63-35-38-16-6-5-7-17-38)33-49(53(64-46,52(43)51)62-29-4-2)55(50(58)25-21-37-14-8-9-15-37)34-39-20-23-47-48(30-39)61-36-60-47/h3-7,16-17,20,22-24,30-32,37,40,42,49,51-52,56-57H,1-2,8-15,18-19,21,25-29,33-36H2/t40-,42+,49-,51+,52+,53+/m0/s1. The molecule has 0 bridgehead atoms. The fourth-order valence-electron chi connectivity index (χ4n) is 11.0. The third kappa shape index (κ3) is 10.1. The van der Waals surface area contributed by atoms with Crippen LogP contribution in [0, 0.1) is 23.7 Å². The smallest absolute Gasteiger partial charge is 0.239 e. The number of aliphatic hydroxyl groups excluding tert-OH is 2. The zero-order valence-corrected chi connectivity index (χ0v) is 37.2. The minimum atomic E-state index is -1.37. The zero-order chi connectivity index (χ0) is 44.3. The molecule has 11 heteroatoms. The van der Waals surface area contributed by atoms with E-state index in [9.17, 15) is 10.2 Å². The number of unbranched alkanes of at least 4 members (excludes halogenated alkanes) is 2. The maximum atomic E-state index is 15.3. The molecule has 2 fully saturated rings. The Morgan fingerprint density at radius 2 is 1.62 bits per heavy atom. The second-order valence-corrected chi connectivity index (χ2v) is 18.0. The quantitative estimate of drug-likeness (QED) is 0.0544. The van der Waals surface area contributed by atoms with Crippen LogP contribution < -0.4 is 18.9 Å². The summed E-state index contributed by atoms with van der Waals surface area (Å²) < 4.78 is 32.5. The van der Waals surface area contributed by atoms with E-state index in [1.54, 1.807) is 12.2 Å². The minimum Gasteiger partial charge on any atom is -0.490 e. The van der Waals surface area contributed by atoms with Gasteiger partial charge in [-0.3, -0.25) is 4.79 Å². The second-order valence-electron chi connectivity index (χ2n) is 18.0. The summed E-state index contributed by atoms with van der Waals surface area (Å²) in [5, 5.41) is 25.0. The number of allylic oxidation sites excluding steroid dienone is 1. The summed E-state index contributed by atoms with van der Waals surface area (Å²) >= 11 is 0. The molecule has 3 aliphatic carbocycles. The van der Waals surface area contributed by atoms with Gasteiger partial charge in [0.05, 0.1) is 18.2 Å². The van der Waals surface area contributed by atoms with Crippen molar-refractivity contribution in [2.24, 2.45) is 28.8 Å². The molecule has 8 rings (SSSR count). The molecule has 2 N–H and O–H groups in total. The van der Waals surface area contributed by atoms with Crippen molar-refractivity contribution in [2.45, 2.75) is 114 Å². The summed E-state index contributed by atoms with van der Waals surface area (Å²) in [6, 6.07) is 21.3. The van der Waals surface area contributed by atoms with Crippen molar-refractivity contribution in [3.05, 3.63) is 120 Å². The Balaban J connectivity index is 1.31. The van der Waals surface area contributed by atoms with E-state index in [1.165, 1.54) is 12.8 Å². The van der Waals surface area contributed by atoms with Crippen LogP contribution in [-0.2, 0) is 27.5 Å². The molecular weight excluding hydrogens is 809 g/mol.